The van der Waals surface area contributed by atoms with Gasteiger partial charge in [-0.3, -0.25) is 0 Å². The van der Waals surface area contributed by atoms with Crippen LogP contribution < -0.4 is 0 Å². The molecule has 4 nitrogen and oxygen atoms in total. The Labute approximate surface area is 318 Å². The van der Waals surface area contributed by atoms with Gasteiger partial charge in [-0.15, -0.1) is 0 Å². The van der Waals surface area contributed by atoms with Crippen molar-refractivity contribution in [2.45, 2.75) is 12.8 Å². The summed E-state index contributed by atoms with van der Waals surface area (Å²) in [5.74, 6) is 2.76. The summed E-state index contributed by atoms with van der Waals surface area (Å²) in [5.41, 5.74) is 9.33. The molecule has 0 amide bonds. The van der Waals surface area contributed by atoms with Gasteiger partial charge in [0.25, 0.3) is 0 Å². The number of aryl methyl sites for hydroxylation is 1. The maximum atomic E-state index is 6.56. The van der Waals surface area contributed by atoms with Crippen LogP contribution in [0.1, 0.15) is 17.7 Å². The van der Waals surface area contributed by atoms with Gasteiger partial charge in [0.2, 0.25) is 0 Å². The Hall–Kier alpha value is -7.17. The number of hydrogen-bond acceptors (Lipinski definition) is 4. The van der Waals surface area contributed by atoms with Crippen molar-refractivity contribution in [2.24, 2.45) is 0 Å². The summed E-state index contributed by atoms with van der Waals surface area (Å²) in [6, 6.07) is 57.8. The second-order valence-electron chi connectivity index (χ2n) is 14.3. The minimum atomic E-state index is 0.596. The van der Waals surface area contributed by atoms with E-state index >= 15 is 0 Å². The van der Waals surface area contributed by atoms with E-state index in [0.29, 0.717) is 17.5 Å². The molecule has 4 heteroatoms. The number of allylic oxidation sites excluding steroid dienone is 1. The zero-order chi connectivity index (χ0) is 36.3. The van der Waals surface area contributed by atoms with Crippen LogP contribution in [0.4, 0.5) is 0 Å². The second kappa shape index (κ2) is 12.8. The molecule has 0 radical (unpaired) electrons. The first-order chi connectivity index (χ1) is 27.2. The summed E-state index contributed by atoms with van der Waals surface area (Å²) in [5, 5.41) is 8.48. The van der Waals surface area contributed by atoms with E-state index < -0.39 is 0 Å². The van der Waals surface area contributed by atoms with E-state index in [1.807, 2.05) is 6.07 Å². The SMILES string of the molecule is C1=Cc2oc3cc(-c4nc(-c5cccc(-c6ccccc6)c5)nc(-c5ccc6c(ccc7c8ccccc8ccc67)c5)n4)cc(-c4ccccc4)c3c2CC1. The minimum absolute atomic E-state index is 0.596. The fourth-order valence-corrected chi connectivity index (χ4v) is 8.29. The number of aromatic nitrogens is 3. The smallest absolute Gasteiger partial charge is 0.164 e. The molecular formula is C51H33N3O. The Morgan fingerprint density at radius 3 is 1.84 bits per heavy atom. The lowest BCUT2D eigenvalue weighted by Gasteiger charge is -2.13. The molecule has 0 saturated carbocycles. The molecule has 258 valence electrons. The third-order valence-electron chi connectivity index (χ3n) is 11.0. The lowest BCUT2D eigenvalue weighted by atomic mass is 9.93. The Balaban J connectivity index is 1.12. The summed E-state index contributed by atoms with van der Waals surface area (Å²) in [6.45, 7) is 0. The van der Waals surface area contributed by atoms with Gasteiger partial charge in [0.15, 0.2) is 17.5 Å². The van der Waals surface area contributed by atoms with E-state index in [0.717, 1.165) is 73.9 Å². The van der Waals surface area contributed by atoms with E-state index in [9.17, 15) is 0 Å². The van der Waals surface area contributed by atoms with Gasteiger partial charge in [0.05, 0.1) is 0 Å². The zero-order valence-electron chi connectivity index (χ0n) is 29.9. The van der Waals surface area contributed by atoms with Gasteiger partial charge in [-0.1, -0.05) is 146 Å². The van der Waals surface area contributed by atoms with E-state index in [1.165, 1.54) is 32.5 Å². The van der Waals surface area contributed by atoms with Gasteiger partial charge in [-0.25, -0.2) is 15.0 Å². The highest BCUT2D eigenvalue weighted by atomic mass is 16.3. The highest BCUT2D eigenvalue weighted by Crippen LogP contribution is 2.41. The highest BCUT2D eigenvalue weighted by molar-refractivity contribution is 6.17. The van der Waals surface area contributed by atoms with Crippen LogP contribution in [0.3, 0.4) is 0 Å². The summed E-state index contributed by atoms with van der Waals surface area (Å²) in [7, 11) is 0. The molecule has 0 saturated heterocycles. The molecule has 0 aliphatic heterocycles. The lowest BCUT2D eigenvalue weighted by molar-refractivity contribution is 0.595. The molecule has 2 aromatic heterocycles. The second-order valence-corrected chi connectivity index (χ2v) is 14.3. The Kier molecular flexibility index (Phi) is 7.27. The predicted octanol–water partition coefficient (Wildman–Crippen LogP) is 13.4. The van der Waals surface area contributed by atoms with Gasteiger partial charge >= 0.3 is 0 Å². The molecule has 0 atom stereocenters. The molecule has 0 spiro atoms. The van der Waals surface area contributed by atoms with E-state index in [1.54, 1.807) is 0 Å². The molecule has 8 aromatic carbocycles. The predicted molar refractivity (Wildman–Crippen MR) is 227 cm³/mol. The topological polar surface area (TPSA) is 51.8 Å². The van der Waals surface area contributed by atoms with E-state index in [2.05, 4.69) is 170 Å². The Morgan fingerprint density at radius 2 is 1.04 bits per heavy atom. The molecule has 55 heavy (non-hydrogen) atoms. The quantitative estimate of drug-likeness (QED) is 0.167. The van der Waals surface area contributed by atoms with Crippen molar-refractivity contribution in [3.05, 3.63) is 181 Å². The molecule has 0 N–H and O–H groups in total. The third kappa shape index (κ3) is 5.42. The average molecular weight is 704 g/mol. The number of benzene rings is 8. The minimum Gasteiger partial charge on any atom is -0.456 e. The van der Waals surface area contributed by atoms with E-state index in [4.69, 9.17) is 19.4 Å². The molecule has 1 aliphatic carbocycles. The number of rotatable bonds is 5. The molecule has 0 unspecified atom stereocenters. The van der Waals surface area contributed by atoms with E-state index in [-0.39, 0.29) is 0 Å². The summed E-state index contributed by atoms with van der Waals surface area (Å²) in [4.78, 5) is 15.6. The highest BCUT2D eigenvalue weighted by Gasteiger charge is 2.22. The molecule has 10 aromatic rings. The van der Waals surface area contributed by atoms with Crippen LogP contribution in [0.25, 0.3) is 106 Å². The fourth-order valence-electron chi connectivity index (χ4n) is 8.29. The van der Waals surface area contributed by atoms with Crippen molar-refractivity contribution < 1.29 is 4.42 Å². The molecule has 2 heterocycles. The van der Waals surface area contributed by atoms with Gasteiger partial charge < -0.3 is 4.42 Å². The van der Waals surface area contributed by atoms with Crippen LogP contribution in [0, 0.1) is 0 Å². The molecule has 11 rings (SSSR count). The number of fused-ring (bicyclic) bond motifs is 8. The first-order valence-corrected chi connectivity index (χ1v) is 18.8. The largest absolute Gasteiger partial charge is 0.456 e. The van der Waals surface area contributed by atoms with Crippen molar-refractivity contribution in [3.63, 3.8) is 0 Å². The first-order valence-electron chi connectivity index (χ1n) is 18.8. The summed E-state index contributed by atoms with van der Waals surface area (Å²) < 4.78 is 6.56. The van der Waals surface area contributed by atoms with Crippen molar-refractivity contribution in [3.8, 4) is 56.4 Å². The van der Waals surface area contributed by atoms with Crippen molar-refractivity contribution in [2.75, 3.05) is 0 Å². The monoisotopic (exact) mass is 703 g/mol. The van der Waals surface area contributed by atoms with Crippen molar-refractivity contribution >= 4 is 49.4 Å². The number of furan rings is 1. The normalized spacial score (nSPS) is 12.5. The molecule has 0 bridgehead atoms. The van der Waals surface area contributed by atoms with Crippen LogP contribution in [-0.2, 0) is 6.42 Å². The molecular weight excluding hydrogens is 671 g/mol. The number of hydrogen-bond donors (Lipinski definition) is 0. The summed E-state index contributed by atoms with van der Waals surface area (Å²) >= 11 is 0. The zero-order valence-corrected chi connectivity index (χ0v) is 29.9. The molecule has 1 aliphatic rings. The Bertz CT molecular complexity index is 3140. The standard InChI is InChI=1S/C51H33N3O/c1-3-12-32(13-4-1)35-17-11-18-37(28-35)49-52-50(38-24-25-41-36(29-38)23-27-42-40-19-8-7-16-34(40)22-26-43(41)42)54-51(53-49)39-30-45(33-14-5-2-6-15-33)48-44-20-9-10-21-46(44)55-47(48)31-39/h1-8,10-19,21-31H,9,20H2. The van der Waals surface area contributed by atoms with Crippen molar-refractivity contribution in [1.29, 1.82) is 0 Å². The molecule has 0 fully saturated rings. The average Bonchev–Trinajstić information content (AvgIpc) is 3.65. The van der Waals surface area contributed by atoms with Crippen LogP contribution in [0.5, 0.6) is 0 Å². The van der Waals surface area contributed by atoms with Crippen LogP contribution in [-0.4, -0.2) is 15.0 Å². The third-order valence-corrected chi connectivity index (χ3v) is 11.0. The first kappa shape index (κ1) is 31.4. The number of nitrogens with zero attached hydrogens (tertiary/aromatic N) is 3. The Morgan fingerprint density at radius 1 is 0.418 bits per heavy atom. The van der Waals surface area contributed by atoms with Gasteiger partial charge in [0, 0.05) is 27.6 Å². The maximum absolute atomic E-state index is 6.56. The summed E-state index contributed by atoms with van der Waals surface area (Å²) in [6.07, 6.45) is 6.25. The van der Waals surface area contributed by atoms with Gasteiger partial charge in [0.1, 0.15) is 11.3 Å². The maximum Gasteiger partial charge on any atom is 0.164 e. The van der Waals surface area contributed by atoms with Crippen LogP contribution >= 0.6 is 0 Å². The van der Waals surface area contributed by atoms with Crippen molar-refractivity contribution in [1.82, 2.24) is 15.0 Å². The fraction of sp³-hybridized carbons (Fsp3) is 0.0392. The van der Waals surface area contributed by atoms with Gasteiger partial charge in [-0.2, -0.15) is 0 Å². The van der Waals surface area contributed by atoms with Crippen LogP contribution in [0.2, 0.25) is 0 Å². The van der Waals surface area contributed by atoms with Crippen LogP contribution in [0.15, 0.2) is 174 Å². The van der Waals surface area contributed by atoms with Gasteiger partial charge in [-0.05, 0) is 97.8 Å². The lowest BCUT2D eigenvalue weighted by Crippen LogP contribution is -2.01.